The summed E-state index contributed by atoms with van der Waals surface area (Å²) in [6, 6.07) is 8.57. The standard InChI is InChI=1S/C35H36F2N6O2/c1-2-22-6-3-7-23-16-25(44)17-26(28(22)23)30-29(37)31-27(19-38-30)32(42-14-10-34(11-15-42)8-4-12-39-34)41-33(40-31)45-21-35-9-5-13-43(35)20-24(36)18-35/h1,3,6-7,16-17,19,24,39,44H,4-5,8-15,18,20-21H2/t24-,35+/m1/s1. The summed E-state index contributed by atoms with van der Waals surface area (Å²) < 4.78 is 37.6. The number of nitrogens with one attached hydrogen (secondary N) is 1. The minimum atomic E-state index is -0.886. The second kappa shape index (κ2) is 10.8. The SMILES string of the molecule is C#Cc1cccc2cc(O)cc(-c3ncc4c(N5CCC6(CCCN6)CC5)nc(OC[C@@]56CCCN5C[C@H](F)C6)nc4c3F)c12. The van der Waals surface area contributed by atoms with E-state index in [0.29, 0.717) is 46.1 Å². The molecular weight excluding hydrogens is 574 g/mol. The number of halogens is 2. The molecule has 4 saturated heterocycles. The van der Waals surface area contributed by atoms with Crippen molar-refractivity contribution in [2.24, 2.45) is 0 Å². The number of alkyl halides is 1. The number of phenols is 1. The monoisotopic (exact) mass is 610 g/mol. The molecule has 1 spiro atoms. The summed E-state index contributed by atoms with van der Waals surface area (Å²) >= 11 is 0. The zero-order chi connectivity index (χ0) is 30.8. The maximum absolute atomic E-state index is 16.8. The van der Waals surface area contributed by atoms with Crippen LogP contribution in [-0.4, -0.2) is 81.5 Å². The van der Waals surface area contributed by atoms with E-state index >= 15 is 4.39 Å². The molecule has 2 aromatic carbocycles. The van der Waals surface area contributed by atoms with Gasteiger partial charge in [0.15, 0.2) is 5.82 Å². The number of aromatic hydroxyl groups is 1. The Bertz CT molecular complexity index is 1840. The number of ether oxygens (including phenoxy) is 1. The maximum Gasteiger partial charge on any atom is 0.319 e. The van der Waals surface area contributed by atoms with Gasteiger partial charge in [0.25, 0.3) is 0 Å². The number of anilines is 1. The van der Waals surface area contributed by atoms with Crippen molar-refractivity contribution in [2.45, 2.75) is 62.2 Å². The van der Waals surface area contributed by atoms with Crippen LogP contribution in [0.1, 0.15) is 50.5 Å². The predicted octanol–water partition coefficient (Wildman–Crippen LogP) is 5.35. The van der Waals surface area contributed by atoms with Crippen molar-refractivity contribution in [1.29, 1.82) is 0 Å². The Labute approximate surface area is 260 Å². The molecule has 0 amide bonds. The van der Waals surface area contributed by atoms with Gasteiger partial charge in [-0.2, -0.15) is 9.97 Å². The average molecular weight is 611 g/mol. The van der Waals surface area contributed by atoms with E-state index in [2.05, 4.69) is 31.0 Å². The Morgan fingerprint density at radius 3 is 2.78 bits per heavy atom. The van der Waals surface area contributed by atoms with Gasteiger partial charge in [-0.3, -0.25) is 9.88 Å². The van der Waals surface area contributed by atoms with E-state index in [0.717, 1.165) is 58.3 Å². The van der Waals surface area contributed by atoms with Crippen molar-refractivity contribution in [3.63, 3.8) is 0 Å². The topological polar surface area (TPSA) is 86.6 Å². The summed E-state index contributed by atoms with van der Waals surface area (Å²) in [5, 5.41) is 16.1. The second-order valence-electron chi connectivity index (χ2n) is 13.2. The Morgan fingerprint density at radius 2 is 1.98 bits per heavy atom. The van der Waals surface area contributed by atoms with Crippen LogP contribution >= 0.6 is 0 Å². The molecule has 0 unspecified atom stereocenters. The van der Waals surface area contributed by atoms with Crippen LogP contribution in [-0.2, 0) is 0 Å². The summed E-state index contributed by atoms with van der Waals surface area (Å²) in [5.41, 5.74) is 0.833. The van der Waals surface area contributed by atoms with Gasteiger partial charge in [-0.25, -0.2) is 8.78 Å². The van der Waals surface area contributed by atoms with Crippen LogP contribution in [0.5, 0.6) is 11.8 Å². The van der Waals surface area contributed by atoms with E-state index in [1.54, 1.807) is 24.4 Å². The van der Waals surface area contributed by atoms with Gasteiger partial charge < -0.3 is 20.1 Å². The second-order valence-corrected chi connectivity index (χ2v) is 13.2. The van der Waals surface area contributed by atoms with Gasteiger partial charge in [-0.15, -0.1) is 6.42 Å². The maximum atomic E-state index is 16.8. The number of hydrogen-bond donors (Lipinski definition) is 2. The van der Waals surface area contributed by atoms with Gasteiger partial charge in [0.2, 0.25) is 0 Å². The van der Waals surface area contributed by atoms with E-state index in [-0.39, 0.29) is 35.1 Å². The first-order chi connectivity index (χ1) is 21.9. The number of aromatic nitrogens is 3. The average Bonchev–Trinajstić information content (AvgIpc) is 3.74. The summed E-state index contributed by atoms with van der Waals surface area (Å²) in [6.07, 6.45) is 13.1. The van der Waals surface area contributed by atoms with E-state index in [1.165, 1.54) is 12.5 Å². The molecule has 0 aliphatic carbocycles. The Balaban J connectivity index is 1.24. The molecule has 8 nitrogen and oxygen atoms in total. The molecule has 4 aliphatic heterocycles. The number of fused-ring (bicyclic) bond motifs is 3. The molecular formula is C35H36F2N6O2. The third kappa shape index (κ3) is 4.75. The highest BCUT2D eigenvalue weighted by molar-refractivity contribution is 6.02. The fourth-order valence-electron chi connectivity index (χ4n) is 8.32. The predicted molar refractivity (Wildman–Crippen MR) is 170 cm³/mol. The Hall–Kier alpha value is -4.07. The Morgan fingerprint density at radius 1 is 1.11 bits per heavy atom. The molecule has 4 aromatic rings. The lowest BCUT2D eigenvalue weighted by molar-refractivity contribution is 0.107. The molecule has 2 aromatic heterocycles. The first kappa shape index (κ1) is 28.4. The molecule has 4 fully saturated rings. The van der Waals surface area contributed by atoms with E-state index in [4.69, 9.17) is 16.1 Å². The summed E-state index contributed by atoms with van der Waals surface area (Å²) in [4.78, 5) is 18.4. The summed E-state index contributed by atoms with van der Waals surface area (Å²) in [7, 11) is 0. The third-order valence-corrected chi connectivity index (χ3v) is 10.6. The van der Waals surface area contributed by atoms with Gasteiger partial charge >= 0.3 is 6.01 Å². The minimum Gasteiger partial charge on any atom is -0.508 e. The number of nitrogens with zero attached hydrogens (tertiary/aromatic N) is 5. The van der Waals surface area contributed by atoms with Gasteiger partial charge in [0.1, 0.15) is 35.6 Å². The highest BCUT2D eigenvalue weighted by Crippen LogP contribution is 2.42. The number of pyridine rings is 1. The lowest BCUT2D eigenvalue weighted by Gasteiger charge is -2.40. The largest absolute Gasteiger partial charge is 0.508 e. The van der Waals surface area contributed by atoms with Crippen LogP contribution in [0.4, 0.5) is 14.6 Å². The van der Waals surface area contributed by atoms with E-state index in [1.807, 2.05) is 6.07 Å². The van der Waals surface area contributed by atoms with Crippen molar-refractivity contribution in [3.05, 3.63) is 47.9 Å². The molecule has 8 rings (SSSR count). The lowest BCUT2D eigenvalue weighted by atomic mass is 9.86. The van der Waals surface area contributed by atoms with Crippen LogP contribution < -0.4 is 15.0 Å². The van der Waals surface area contributed by atoms with Crippen molar-refractivity contribution >= 4 is 27.5 Å². The first-order valence-electron chi connectivity index (χ1n) is 16.0. The molecule has 2 N–H and O–H groups in total. The molecule has 10 heteroatoms. The van der Waals surface area contributed by atoms with E-state index in [9.17, 15) is 9.50 Å². The number of rotatable bonds is 5. The fourth-order valence-corrected chi connectivity index (χ4v) is 8.32. The number of phenolic OH excluding ortho intramolecular Hbond substituents is 1. The summed E-state index contributed by atoms with van der Waals surface area (Å²) in [6.45, 7) is 4.05. The van der Waals surface area contributed by atoms with Crippen LogP contribution in [0, 0.1) is 18.2 Å². The molecule has 0 saturated carbocycles. The van der Waals surface area contributed by atoms with Crippen molar-refractivity contribution in [2.75, 3.05) is 44.2 Å². The third-order valence-electron chi connectivity index (χ3n) is 10.6. The molecule has 232 valence electrons. The van der Waals surface area contributed by atoms with Crippen LogP contribution in [0.15, 0.2) is 36.5 Å². The highest BCUT2D eigenvalue weighted by atomic mass is 19.1. The number of benzene rings is 2. The van der Waals surface area contributed by atoms with Gasteiger partial charge in [0.05, 0.1) is 10.9 Å². The van der Waals surface area contributed by atoms with Gasteiger partial charge in [-0.05, 0) is 75.2 Å². The van der Waals surface area contributed by atoms with Crippen molar-refractivity contribution < 1.29 is 18.6 Å². The molecule has 0 bridgehead atoms. The minimum absolute atomic E-state index is 0.0220. The number of hydrogen-bond acceptors (Lipinski definition) is 8. The quantitative estimate of drug-likeness (QED) is 0.293. The first-order valence-corrected chi connectivity index (χ1v) is 16.0. The van der Waals surface area contributed by atoms with Gasteiger partial charge in [0, 0.05) is 54.3 Å². The van der Waals surface area contributed by atoms with Crippen molar-refractivity contribution in [3.8, 4) is 35.4 Å². The normalized spacial score (nSPS) is 24.5. The highest BCUT2D eigenvalue weighted by Gasteiger charge is 2.49. The van der Waals surface area contributed by atoms with Crippen molar-refractivity contribution in [1.82, 2.24) is 25.2 Å². The molecule has 6 heterocycles. The molecule has 0 radical (unpaired) electrons. The number of piperidine rings is 1. The number of terminal acetylenes is 1. The van der Waals surface area contributed by atoms with Crippen LogP contribution in [0.3, 0.4) is 0 Å². The molecule has 45 heavy (non-hydrogen) atoms. The zero-order valence-corrected chi connectivity index (χ0v) is 25.2. The fraction of sp³-hybridized carbons (Fsp3) is 0.457. The zero-order valence-electron chi connectivity index (χ0n) is 25.2. The smallest absolute Gasteiger partial charge is 0.319 e. The summed E-state index contributed by atoms with van der Waals surface area (Å²) in [5.74, 6) is 2.60. The molecule has 2 atom stereocenters. The lowest BCUT2D eigenvalue weighted by Crippen LogP contribution is -2.50. The molecule has 4 aliphatic rings. The van der Waals surface area contributed by atoms with Crippen LogP contribution in [0.25, 0.3) is 32.9 Å². The van der Waals surface area contributed by atoms with Crippen LogP contribution in [0.2, 0.25) is 0 Å². The van der Waals surface area contributed by atoms with E-state index < -0.39 is 17.5 Å². The van der Waals surface area contributed by atoms with Gasteiger partial charge in [-0.1, -0.05) is 18.1 Å². The Kier molecular flexibility index (Phi) is 6.80.